The van der Waals surface area contributed by atoms with Gasteiger partial charge in [0.2, 0.25) is 5.91 Å². The molecule has 0 saturated carbocycles. The first-order chi connectivity index (χ1) is 8.75. The number of anilines is 1. The zero-order valence-corrected chi connectivity index (χ0v) is 11.1. The summed E-state index contributed by atoms with van der Waals surface area (Å²) in [6.45, 7) is 2.12. The highest BCUT2D eigenvalue weighted by Gasteiger charge is 2.30. The van der Waals surface area contributed by atoms with Gasteiger partial charge in [0.25, 0.3) is 0 Å². The molecule has 1 amide bonds. The molecule has 0 radical (unpaired) electrons. The maximum atomic E-state index is 12.4. The lowest BCUT2D eigenvalue weighted by Gasteiger charge is -2.22. The summed E-state index contributed by atoms with van der Waals surface area (Å²) in [5.74, 6) is 0.204. The Kier molecular flexibility index (Phi) is 2.92. The van der Waals surface area contributed by atoms with Gasteiger partial charge in [-0.15, -0.1) is 11.3 Å². The molecule has 1 aromatic heterocycles. The number of hydrogen-bond donors (Lipinski definition) is 0. The molecule has 1 aromatic carbocycles. The van der Waals surface area contributed by atoms with Crippen molar-refractivity contribution in [1.29, 1.82) is 0 Å². The molecule has 0 fully saturated rings. The van der Waals surface area contributed by atoms with Crippen LogP contribution in [0.4, 0.5) is 5.69 Å². The third-order valence-corrected chi connectivity index (χ3v) is 4.26. The van der Waals surface area contributed by atoms with Crippen LogP contribution in [-0.4, -0.2) is 11.9 Å². The molecule has 1 atom stereocenters. The van der Waals surface area contributed by atoms with E-state index in [0.717, 1.165) is 17.0 Å². The minimum Gasteiger partial charge on any atom is -0.309 e. The summed E-state index contributed by atoms with van der Waals surface area (Å²) in [5.41, 5.74) is 2.37. The second kappa shape index (κ2) is 4.58. The lowest BCUT2D eigenvalue weighted by Crippen LogP contribution is -2.36. The molecule has 0 saturated heterocycles. The number of benzene rings is 1. The van der Waals surface area contributed by atoms with Crippen LogP contribution in [0.15, 0.2) is 41.8 Å². The van der Waals surface area contributed by atoms with Gasteiger partial charge in [0.15, 0.2) is 0 Å². The van der Waals surface area contributed by atoms with Crippen LogP contribution < -0.4 is 4.90 Å². The van der Waals surface area contributed by atoms with Crippen molar-refractivity contribution < 1.29 is 4.79 Å². The molecule has 2 nitrogen and oxygen atoms in total. The van der Waals surface area contributed by atoms with E-state index in [9.17, 15) is 4.79 Å². The second-order valence-corrected chi connectivity index (χ2v) is 5.73. The SMILES string of the molecule is C[C@@H]1Cc2ccccc2N1C(=O)Cc1cccs1. The lowest BCUT2D eigenvalue weighted by molar-refractivity contribution is -0.118. The highest BCUT2D eigenvalue weighted by Crippen LogP contribution is 2.32. The van der Waals surface area contributed by atoms with Crippen LogP contribution in [0.3, 0.4) is 0 Å². The van der Waals surface area contributed by atoms with Crippen molar-refractivity contribution in [1.82, 2.24) is 0 Å². The first-order valence-electron chi connectivity index (χ1n) is 6.18. The van der Waals surface area contributed by atoms with Gasteiger partial charge in [0.05, 0.1) is 6.42 Å². The molecule has 0 spiro atoms. The molecule has 0 bridgehead atoms. The van der Waals surface area contributed by atoms with Crippen LogP contribution in [0.2, 0.25) is 0 Å². The fourth-order valence-electron chi connectivity index (χ4n) is 2.59. The Bertz CT molecular complexity index is 562. The summed E-state index contributed by atoms with van der Waals surface area (Å²) in [5, 5.41) is 2.02. The van der Waals surface area contributed by atoms with Crippen molar-refractivity contribution in [3.63, 3.8) is 0 Å². The topological polar surface area (TPSA) is 20.3 Å². The monoisotopic (exact) mass is 257 g/mol. The molecule has 18 heavy (non-hydrogen) atoms. The third kappa shape index (κ3) is 1.95. The van der Waals surface area contributed by atoms with Gasteiger partial charge >= 0.3 is 0 Å². The molecule has 1 aliphatic heterocycles. The summed E-state index contributed by atoms with van der Waals surface area (Å²) in [6.07, 6.45) is 1.47. The van der Waals surface area contributed by atoms with E-state index in [1.165, 1.54) is 5.56 Å². The van der Waals surface area contributed by atoms with Gasteiger partial charge in [-0.1, -0.05) is 24.3 Å². The highest BCUT2D eigenvalue weighted by atomic mass is 32.1. The molecule has 0 unspecified atom stereocenters. The molecule has 0 aliphatic carbocycles. The zero-order chi connectivity index (χ0) is 12.5. The molecule has 2 aromatic rings. The summed E-state index contributed by atoms with van der Waals surface area (Å²) in [7, 11) is 0. The summed E-state index contributed by atoms with van der Waals surface area (Å²) < 4.78 is 0. The van der Waals surface area contributed by atoms with E-state index in [0.29, 0.717) is 6.42 Å². The Labute approximate surface area is 111 Å². The van der Waals surface area contributed by atoms with Gasteiger partial charge in [-0.05, 0) is 36.4 Å². The molecule has 0 N–H and O–H groups in total. The standard InChI is InChI=1S/C15H15NOS/c1-11-9-12-5-2-3-7-14(12)16(11)15(17)10-13-6-4-8-18-13/h2-8,11H,9-10H2,1H3/t11-/m1/s1. The number of hydrogen-bond acceptors (Lipinski definition) is 2. The number of nitrogens with zero attached hydrogens (tertiary/aromatic N) is 1. The maximum Gasteiger partial charge on any atom is 0.232 e. The van der Waals surface area contributed by atoms with Crippen LogP contribution in [-0.2, 0) is 17.6 Å². The van der Waals surface area contributed by atoms with Crippen molar-refractivity contribution >= 4 is 22.9 Å². The molecular weight excluding hydrogens is 242 g/mol. The number of fused-ring (bicyclic) bond motifs is 1. The number of thiophene rings is 1. The molecule has 3 heteroatoms. The van der Waals surface area contributed by atoms with Crippen LogP contribution in [0, 0.1) is 0 Å². The van der Waals surface area contributed by atoms with Gasteiger partial charge in [0, 0.05) is 16.6 Å². The number of amides is 1. The average Bonchev–Trinajstić information content (AvgIpc) is 2.94. The van der Waals surface area contributed by atoms with E-state index < -0.39 is 0 Å². The first kappa shape index (κ1) is 11.5. The normalized spacial score (nSPS) is 17.8. The summed E-state index contributed by atoms with van der Waals surface area (Å²) in [6, 6.07) is 12.5. The predicted octanol–water partition coefficient (Wildman–Crippen LogP) is 3.27. The van der Waals surface area contributed by atoms with E-state index in [2.05, 4.69) is 13.0 Å². The van der Waals surface area contributed by atoms with Crippen molar-refractivity contribution in [2.45, 2.75) is 25.8 Å². The lowest BCUT2D eigenvalue weighted by atomic mass is 10.1. The Morgan fingerprint density at radius 1 is 1.33 bits per heavy atom. The number of carbonyl (C=O) groups excluding carboxylic acids is 1. The second-order valence-electron chi connectivity index (χ2n) is 4.70. The zero-order valence-electron chi connectivity index (χ0n) is 10.3. The Morgan fingerprint density at radius 3 is 2.94 bits per heavy atom. The molecule has 1 aliphatic rings. The smallest absolute Gasteiger partial charge is 0.232 e. The van der Waals surface area contributed by atoms with E-state index >= 15 is 0 Å². The molecule has 3 rings (SSSR count). The van der Waals surface area contributed by atoms with Crippen molar-refractivity contribution in [3.05, 3.63) is 52.2 Å². The van der Waals surface area contributed by atoms with E-state index in [1.807, 2.05) is 40.6 Å². The van der Waals surface area contributed by atoms with Crippen LogP contribution in [0.25, 0.3) is 0 Å². The molecule has 92 valence electrons. The van der Waals surface area contributed by atoms with Gasteiger partial charge in [-0.3, -0.25) is 4.79 Å². The first-order valence-corrected chi connectivity index (χ1v) is 7.06. The summed E-state index contributed by atoms with van der Waals surface area (Å²) >= 11 is 1.65. The van der Waals surface area contributed by atoms with E-state index in [4.69, 9.17) is 0 Å². The maximum absolute atomic E-state index is 12.4. The van der Waals surface area contributed by atoms with Gasteiger partial charge in [-0.2, -0.15) is 0 Å². The van der Waals surface area contributed by atoms with Crippen molar-refractivity contribution in [3.8, 4) is 0 Å². The van der Waals surface area contributed by atoms with Crippen LogP contribution >= 0.6 is 11.3 Å². The fourth-order valence-corrected chi connectivity index (χ4v) is 3.29. The fraction of sp³-hybridized carbons (Fsp3) is 0.267. The number of carbonyl (C=O) groups is 1. The summed E-state index contributed by atoms with van der Waals surface area (Å²) in [4.78, 5) is 15.5. The minimum atomic E-state index is 0.204. The molecular formula is C15H15NOS. The van der Waals surface area contributed by atoms with E-state index in [-0.39, 0.29) is 11.9 Å². The van der Waals surface area contributed by atoms with Crippen molar-refractivity contribution in [2.24, 2.45) is 0 Å². The predicted molar refractivity (Wildman–Crippen MR) is 75.1 cm³/mol. The Balaban J connectivity index is 1.86. The van der Waals surface area contributed by atoms with Gasteiger partial charge < -0.3 is 4.90 Å². The van der Waals surface area contributed by atoms with Gasteiger partial charge in [-0.25, -0.2) is 0 Å². The third-order valence-electron chi connectivity index (χ3n) is 3.38. The Hall–Kier alpha value is -1.61. The Morgan fingerprint density at radius 2 is 2.17 bits per heavy atom. The quantitative estimate of drug-likeness (QED) is 0.808. The minimum absolute atomic E-state index is 0.204. The largest absolute Gasteiger partial charge is 0.309 e. The van der Waals surface area contributed by atoms with Gasteiger partial charge in [0.1, 0.15) is 0 Å². The average molecular weight is 257 g/mol. The number of para-hydroxylation sites is 1. The molecule has 2 heterocycles. The van der Waals surface area contributed by atoms with Crippen LogP contribution in [0.5, 0.6) is 0 Å². The highest BCUT2D eigenvalue weighted by molar-refractivity contribution is 7.10. The van der Waals surface area contributed by atoms with Crippen molar-refractivity contribution in [2.75, 3.05) is 4.90 Å². The van der Waals surface area contributed by atoms with E-state index in [1.54, 1.807) is 11.3 Å². The number of rotatable bonds is 2. The van der Waals surface area contributed by atoms with Crippen LogP contribution in [0.1, 0.15) is 17.4 Å².